The minimum atomic E-state index is -0.0513. The van der Waals surface area contributed by atoms with E-state index in [0.29, 0.717) is 12.5 Å². The van der Waals surface area contributed by atoms with Gasteiger partial charge in [0.05, 0.1) is 11.3 Å². The topological polar surface area (TPSA) is 61.0 Å². The van der Waals surface area contributed by atoms with Crippen LogP contribution in [0.4, 0.5) is 11.6 Å². The number of aromatic nitrogens is 2. The van der Waals surface area contributed by atoms with Crippen LogP contribution in [0.2, 0.25) is 0 Å². The lowest BCUT2D eigenvalue weighted by atomic mass is 10.1. The summed E-state index contributed by atoms with van der Waals surface area (Å²) in [5.41, 5.74) is 6.18. The van der Waals surface area contributed by atoms with Crippen LogP contribution in [-0.4, -0.2) is 21.4 Å². The van der Waals surface area contributed by atoms with E-state index in [1.807, 2.05) is 30.3 Å². The summed E-state index contributed by atoms with van der Waals surface area (Å²) in [5.74, 6) is 0.514. The third-order valence-electron chi connectivity index (χ3n) is 4.88. The normalized spacial score (nSPS) is 14.0. The lowest BCUT2D eigenvalue weighted by Gasteiger charge is -2.27. The Bertz CT molecular complexity index is 990. The fraction of sp³-hybridized carbons (Fsp3) is 0.273. The molecule has 5 nitrogen and oxygen atoms in total. The van der Waals surface area contributed by atoms with Gasteiger partial charge in [0.1, 0.15) is 0 Å². The van der Waals surface area contributed by atoms with Gasteiger partial charge < -0.3 is 5.32 Å². The van der Waals surface area contributed by atoms with Crippen LogP contribution >= 0.6 is 0 Å². The minimum absolute atomic E-state index is 0.0513. The van der Waals surface area contributed by atoms with Crippen LogP contribution in [0.1, 0.15) is 27.9 Å². The number of benzene rings is 2. The molecule has 0 aliphatic carbocycles. The molecule has 4 rings (SSSR count). The van der Waals surface area contributed by atoms with Crippen LogP contribution in [0, 0.1) is 13.8 Å². The summed E-state index contributed by atoms with van der Waals surface area (Å²) in [6, 6.07) is 16.6. The Morgan fingerprint density at radius 1 is 1.11 bits per heavy atom. The van der Waals surface area contributed by atoms with E-state index in [4.69, 9.17) is 0 Å². The Balaban J connectivity index is 1.53. The molecule has 0 fully saturated rings. The molecule has 0 radical (unpaired) electrons. The molecule has 2 N–H and O–H groups in total. The summed E-state index contributed by atoms with van der Waals surface area (Å²) < 4.78 is 0. The second-order valence-corrected chi connectivity index (χ2v) is 7.29. The zero-order chi connectivity index (χ0) is 18.8. The molecule has 0 saturated heterocycles. The molecular weight excluding hydrogens is 336 g/mol. The summed E-state index contributed by atoms with van der Waals surface area (Å²) in [6.45, 7) is 6.51. The van der Waals surface area contributed by atoms with E-state index in [1.54, 1.807) is 0 Å². The van der Waals surface area contributed by atoms with Gasteiger partial charge in [-0.1, -0.05) is 36.4 Å². The number of H-pyrrole nitrogens is 1. The Morgan fingerprint density at radius 3 is 2.59 bits per heavy atom. The van der Waals surface area contributed by atoms with Crippen molar-refractivity contribution in [2.75, 3.05) is 11.9 Å². The second kappa shape index (κ2) is 7.37. The number of hydrogen-bond donors (Lipinski definition) is 2. The Kier molecular flexibility index (Phi) is 4.77. The highest BCUT2D eigenvalue weighted by atomic mass is 16.1. The Labute approximate surface area is 159 Å². The van der Waals surface area contributed by atoms with Crippen molar-refractivity contribution < 1.29 is 0 Å². The van der Waals surface area contributed by atoms with Crippen molar-refractivity contribution in [2.45, 2.75) is 33.4 Å². The summed E-state index contributed by atoms with van der Waals surface area (Å²) in [7, 11) is 0. The molecule has 138 valence electrons. The molecular formula is C22H24N4O. The van der Waals surface area contributed by atoms with Crippen molar-refractivity contribution >= 4 is 11.6 Å². The van der Waals surface area contributed by atoms with Crippen molar-refractivity contribution in [2.24, 2.45) is 0 Å². The average molecular weight is 360 g/mol. The molecule has 1 aliphatic rings. The SMILES string of the molecule is Cc1cc(C)cc(Nc2nc3c(c(=O)[nH]2)CN(Cc2ccccc2)CC3)c1. The number of anilines is 2. The smallest absolute Gasteiger partial charge is 0.257 e. The molecule has 2 aromatic carbocycles. The van der Waals surface area contributed by atoms with E-state index in [-0.39, 0.29) is 5.56 Å². The van der Waals surface area contributed by atoms with Crippen LogP contribution in [0.3, 0.4) is 0 Å². The highest BCUT2D eigenvalue weighted by Crippen LogP contribution is 2.20. The Morgan fingerprint density at radius 2 is 1.85 bits per heavy atom. The van der Waals surface area contributed by atoms with Gasteiger partial charge in [0.2, 0.25) is 5.95 Å². The van der Waals surface area contributed by atoms with E-state index in [2.05, 4.69) is 52.2 Å². The van der Waals surface area contributed by atoms with E-state index >= 15 is 0 Å². The molecule has 0 bridgehead atoms. The first-order chi connectivity index (χ1) is 13.1. The fourth-order valence-electron chi connectivity index (χ4n) is 3.70. The Hall–Kier alpha value is -2.92. The largest absolute Gasteiger partial charge is 0.326 e. The molecule has 1 aromatic heterocycles. The van der Waals surface area contributed by atoms with Crippen molar-refractivity contribution in [1.29, 1.82) is 0 Å². The lowest BCUT2D eigenvalue weighted by Crippen LogP contribution is -2.35. The molecule has 3 aromatic rings. The number of aryl methyl sites for hydroxylation is 2. The minimum Gasteiger partial charge on any atom is -0.326 e. The first kappa shape index (κ1) is 17.5. The molecule has 2 heterocycles. The predicted molar refractivity (Wildman–Crippen MR) is 108 cm³/mol. The predicted octanol–water partition coefficient (Wildman–Crippen LogP) is 3.69. The maximum Gasteiger partial charge on any atom is 0.257 e. The van der Waals surface area contributed by atoms with Gasteiger partial charge in [-0.05, 0) is 42.7 Å². The monoisotopic (exact) mass is 360 g/mol. The van der Waals surface area contributed by atoms with Crippen molar-refractivity contribution in [1.82, 2.24) is 14.9 Å². The molecule has 0 amide bonds. The summed E-state index contributed by atoms with van der Waals surface area (Å²) in [5, 5.41) is 3.25. The molecule has 0 saturated carbocycles. The van der Waals surface area contributed by atoms with Gasteiger partial charge in [-0.15, -0.1) is 0 Å². The van der Waals surface area contributed by atoms with Crippen LogP contribution in [0.25, 0.3) is 0 Å². The quantitative estimate of drug-likeness (QED) is 0.745. The molecule has 27 heavy (non-hydrogen) atoms. The standard InChI is InChI=1S/C22H24N4O/c1-15-10-16(2)12-18(11-15)23-22-24-20-8-9-26(14-19(20)21(27)25-22)13-17-6-4-3-5-7-17/h3-7,10-12H,8-9,13-14H2,1-2H3,(H2,23,24,25,27). The van der Waals surface area contributed by atoms with Crippen molar-refractivity contribution in [3.63, 3.8) is 0 Å². The fourth-order valence-corrected chi connectivity index (χ4v) is 3.70. The summed E-state index contributed by atoms with van der Waals surface area (Å²) >= 11 is 0. The number of nitrogens with zero attached hydrogens (tertiary/aromatic N) is 2. The first-order valence-electron chi connectivity index (χ1n) is 9.30. The zero-order valence-corrected chi connectivity index (χ0v) is 15.7. The third kappa shape index (κ3) is 4.09. The second-order valence-electron chi connectivity index (χ2n) is 7.29. The molecule has 0 spiro atoms. The van der Waals surface area contributed by atoms with Gasteiger partial charge in [-0.25, -0.2) is 4.98 Å². The molecule has 1 aliphatic heterocycles. The first-order valence-corrected chi connectivity index (χ1v) is 9.30. The van der Waals surface area contributed by atoms with E-state index in [1.165, 1.54) is 16.7 Å². The van der Waals surface area contributed by atoms with Gasteiger partial charge in [0.15, 0.2) is 0 Å². The molecule has 0 atom stereocenters. The maximum absolute atomic E-state index is 12.6. The van der Waals surface area contributed by atoms with E-state index in [9.17, 15) is 4.79 Å². The van der Waals surface area contributed by atoms with Crippen LogP contribution < -0.4 is 10.9 Å². The van der Waals surface area contributed by atoms with E-state index in [0.717, 1.165) is 36.5 Å². The molecule has 0 unspecified atom stereocenters. The van der Waals surface area contributed by atoms with Gasteiger partial charge in [0.25, 0.3) is 5.56 Å². The van der Waals surface area contributed by atoms with E-state index < -0.39 is 0 Å². The maximum atomic E-state index is 12.6. The summed E-state index contributed by atoms with van der Waals surface area (Å²) in [4.78, 5) is 22.5. The number of rotatable bonds is 4. The van der Waals surface area contributed by atoms with Gasteiger partial charge in [0, 0.05) is 31.7 Å². The van der Waals surface area contributed by atoms with Gasteiger partial charge in [-0.2, -0.15) is 0 Å². The average Bonchev–Trinajstić information content (AvgIpc) is 2.62. The highest BCUT2D eigenvalue weighted by molar-refractivity contribution is 5.56. The van der Waals surface area contributed by atoms with Crippen LogP contribution in [-0.2, 0) is 19.5 Å². The lowest BCUT2D eigenvalue weighted by molar-refractivity contribution is 0.242. The van der Waals surface area contributed by atoms with Gasteiger partial charge >= 0.3 is 0 Å². The number of aromatic amines is 1. The number of hydrogen-bond acceptors (Lipinski definition) is 4. The summed E-state index contributed by atoms with van der Waals surface area (Å²) in [6.07, 6.45) is 0.785. The van der Waals surface area contributed by atoms with Crippen LogP contribution in [0.15, 0.2) is 53.3 Å². The number of fused-ring (bicyclic) bond motifs is 1. The number of nitrogens with one attached hydrogen (secondary N) is 2. The molecule has 5 heteroatoms. The van der Waals surface area contributed by atoms with Crippen molar-refractivity contribution in [3.8, 4) is 0 Å². The van der Waals surface area contributed by atoms with Gasteiger partial charge in [-0.3, -0.25) is 14.7 Å². The highest BCUT2D eigenvalue weighted by Gasteiger charge is 2.21. The van der Waals surface area contributed by atoms with Crippen LogP contribution in [0.5, 0.6) is 0 Å². The third-order valence-corrected chi connectivity index (χ3v) is 4.88. The van der Waals surface area contributed by atoms with Crippen molar-refractivity contribution in [3.05, 3.63) is 86.8 Å². The zero-order valence-electron chi connectivity index (χ0n) is 15.7.